The summed E-state index contributed by atoms with van der Waals surface area (Å²) in [6, 6.07) is 7.32. The van der Waals surface area contributed by atoms with Crippen molar-refractivity contribution in [3.05, 3.63) is 53.1 Å². The van der Waals surface area contributed by atoms with E-state index in [-0.39, 0.29) is 11.0 Å². The summed E-state index contributed by atoms with van der Waals surface area (Å²) in [6.45, 7) is 7.69. The second-order valence-corrected chi connectivity index (χ2v) is 4.36. The minimum absolute atomic E-state index is 0.101. The van der Waals surface area contributed by atoms with E-state index in [9.17, 15) is 4.79 Å². The normalized spacial score (nSPS) is 11.6. The van der Waals surface area contributed by atoms with Gasteiger partial charge in [-0.15, -0.1) is 6.58 Å². The van der Waals surface area contributed by atoms with E-state index in [4.69, 9.17) is 0 Å². The molecule has 0 saturated carbocycles. The zero-order valence-electron chi connectivity index (χ0n) is 9.45. The van der Waals surface area contributed by atoms with Gasteiger partial charge in [0.2, 0.25) is 0 Å². The fourth-order valence-electron chi connectivity index (χ4n) is 1.49. The summed E-state index contributed by atoms with van der Waals surface area (Å²) in [4.78, 5) is 19.1. The molecule has 2 rings (SSSR count). The number of H-pyrrole nitrogens is 1. The number of benzene rings is 1. The van der Waals surface area contributed by atoms with Gasteiger partial charge >= 0.3 is 0 Å². The van der Waals surface area contributed by atoms with Crippen LogP contribution in [0.5, 0.6) is 0 Å². The molecular formula is C13H14N2O. The van der Waals surface area contributed by atoms with Crippen molar-refractivity contribution in [1.82, 2.24) is 9.97 Å². The SMILES string of the molecule is C=CC(C)(C)c1nc2ccccc2c(=O)[nH]1. The molecule has 2 aromatic rings. The molecule has 0 atom stereocenters. The molecule has 0 aliphatic rings. The highest BCUT2D eigenvalue weighted by molar-refractivity contribution is 5.77. The maximum absolute atomic E-state index is 11.8. The average molecular weight is 214 g/mol. The van der Waals surface area contributed by atoms with Crippen molar-refractivity contribution in [3.8, 4) is 0 Å². The van der Waals surface area contributed by atoms with E-state index in [2.05, 4.69) is 16.5 Å². The Morgan fingerprint density at radius 2 is 2.06 bits per heavy atom. The number of rotatable bonds is 2. The van der Waals surface area contributed by atoms with Crippen molar-refractivity contribution < 1.29 is 0 Å². The van der Waals surface area contributed by atoms with Gasteiger partial charge in [0.1, 0.15) is 5.82 Å². The Hall–Kier alpha value is -1.90. The Bertz CT molecular complexity index is 596. The standard InChI is InChI=1S/C13H14N2O/c1-4-13(2,3)12-14-10-8-6-5-7-9(10)11(16)15-12/h4-8H,1H2,2-3H3,(H,14,15,16). The second-order valence-electron chi connectivity index (χ2n) is 4.36. The molecule has 16 heavy (non-hydrogen) atoms. The van der Waals surface area contributed by atoms with Crippen molar-refractivity contribution >= 4 is 10.9 Å². The smallest absolute Gasteiger partial charge is 0.258 e. The molecule has 1 N–H and O–H groups in total. The Kier molecular flexibility index (Phi) is 2.38. The largest absolute Gasteiger partial charge is 0.309 e. The Morgan fingerprint density at radius 1 is 1.38 bits per heavy atom. The first kappa shape index (κ1) is 10.6. The zero-order valence-corrected chi connectivity index (χ0v) is 9.45. The predicted molar refractivity (Wildman–Crippen MR) is 65.6 cm³/mol. The minimum atomic E-state index is -0.330. The minimum Gasteiger partial charge on any atom is -0.309 e. The zero-order chi connectivity index (χ0) is 11.8. The van der Waals surface area contributed by atoms with Gasteiger partial charge in [0.15, 0.2) is 0 Å². The molecule has 3 nitrogen and oxygen atoms in total. The number of nitrogens with zero attached hydrogens (tertiary/aromatic N) is 1. The van der Waals surface area contributed by atoms with E-state index in [0.29, 0.717) is 11.2 Å². The number of aromatic nitrogens is 2. The third-order valence-electron chi connectivity index (χ3n) is 2.73. The Morgan fingerprint density at radius 3 is 2.75 bits per heavy atom. The van der Waals surface area contributed by atoms with Crippen molar-refractivity contribution in [2.45, 2.75) is 19.3 Å². The van der Waals surface area contributed by atoms with E-state index in [1.807, 2.05) is 32.0 Å². The number of allylic oxidation sites excluding steroid dienone is 1. The van der Waals surface area contributed by atoms with E-state index in [1.165, 1.54) is 0 Å². The highest BCUT2D eigenvalue weighted by Crippen LogP contribution is 2.20. The molecule has 1 heterocycles. The van der Waals surface area contributed by atoms with Gasteiger partial charge in [-0.3, -0.25) is 4.79 Å². The third kappa shape index (κ3) is 1.65. The molecule has 0 bridgehead atoms. The van der Waals surface area contributed by atoms with E-state index >= 15 is 0 Å². The van der Waals surface area contributed by atoms with E-state index < -0.39 is 0 Å². The van der Waals surface area contributed by atoms with E-state index in [1.54, 1.807) is 12.1 Å². The summed E-state index contributed by atoms with van der Waals surface area (Å²) in [5.74, 6) is 0.645. The molecule has 0 fully saturated rings. The van der Waals surface area contributed by atoms with Gasteiger partial charge < -0.3 is 4.98 Å². The van der Waals surface area contributed by atoms with Gasteiger partial charge in [0, 0.05) is 5.41 Å². The Labute approximate surface area is 93.8 Å². The summed E-state index contributed by atoms with van der Waals surface area (Å²) in [6.07, 6.45) is 1.78. The molecule has 0 aliphatic heterocycles. The van der Waals surface area contributed by atoms with Crippen LogP contribution in [0.15, 0.2) is 41.7 Å². The first-order valence-corrected chi connectivity index (χ1v) is 5.18. The summed E-state index contributed by atoms with van der Waals surface area (Å²) in [5, 5.41) is 0.617. The number of hydrogen-bond donors (Lipinski definition) is 1. The number of para-hydroxylation sites is 1. The number of hydrogen-bond acceptors (Lipinski definition) is 2. The maximum Gasteiger partial charge on any atom is 0.258 e. The first-order chi connectivity index (χ1) is 7.54. The summed E-state index contributed by atoms with van der Waals surface area (Å²) in [7, 11) is 0. The van der Waals surface area contributed by atoms with Crippen LogP contribution in [-0.2, 0) is 5.41 Å². The Balaban J connectivity index is 2.77. The molecule has 0 aliphatic carbocycles. The van der Waals surface area contributed by atoms with Crippen LogP contribution < -0.4 is 5.56 Å². The van der Waals surface area contributed by atoms with Gasteiger partial charge in [-0.1, -0.05) is 18.2 Å². The lowest BCUT2D eigenvalue weighted by Gasteiger charge is -2.18. The quantitative estimate of drug-likeness (QED) is 0.780. The molecule has 82 valence electrons. The van der Waals surface area contributed by atoms with Crippen molar-refractivity contribution in [2.24, 2.45) is 0 Å². The van der Waals surface area contributed by atoms with E-state index in [0.717, 1.165) is 5.52 Å². The number of nitrogens with one attached hydrogen (secondary N) is 1. The highest BCUT2D eigenvalue weighted by Gasteiger charge is 2.19. The van der Waals surface area contributed by atoms with Gasteiger partial charge in [0.05, 0.1) is 10.9 Å². The third-order valence-corrected chi connectivity index (χ3v) is 2.73. The number of fused-ring (bicyclic) bond motifs is 1. The topological polar surface area (TPSA) is 45.8 Å². The van der Waals surface area contributed by atoms with Crippen LogP contribution in [0.25, 0.3) is 10.9 Å². The van der Waals surface area contributed by atoms with Crippen LogP contribution in [-0.4, -0.2) is 9.97 Å². The molecule has 0 unspecified atom stereocenters. The lowest BCUT2D eigenvalue weighted by molar-refractivity contribution is 0.617. The molecule has 1 aromatic heterocycles. The summed E-state index contributed by atoms with van der Waals surface area (Å²) >= 11 is 0. The fraction of sp³-hybridized carbons (Fsp3) is 0.231. The second kappa shape index (κ2) is 3.59. The highest BCUT2D eigenvalue weighted by atomic mass is 16.1. The lowest BCUT2D eigenvalue weighted by Crippen LogP contribution is -2.22. The molecule has 0 amide bonds. The van der Waals surface area contributed by atoms with Crippen LogP contribution in [0.1, 0.15) is 19.7 Å². The number of aromatic amines is 1. The fourth-order valence-corrected chi connectivity index (χ4v) is 1.49. The van der Waals surface area contributed by atoms with Crippen molar-refractivity contribution in [3.63, 3.8) is 0 Å². The van der Waals surface area contributed by atoms with Crippen LogP contribution >= 0.6 is 0 Å². The summed E-state index contributed by atoms with van der Waals surface area (Å²) < 4.78 is 0. The molecule has 0 spiro atoms. The molecular weight excluding hydrogens is 200 g/mol. The summed E-state index contributed by atoms with van der Waals surface area (Å²) in [5.41, 5.74) is 0.287. The monoisotopic (exact) mass is 214 g/mol. The van der Waals surface area contributed by atoms with Gasteiger partial charge in [-0.25, -0.2) is 4.98 Å². The average Bonchev–Trinajstić information content (AvgIpc) is 2.29. The van der Waals surface area contributed by atoms with Crippen LogP contribution in [0.2, 0.25) is 0 Å². The lowest BCUT2D eigenvalue weighted by atomic mass is 9.92. The molecule has 1 aromatic carbocycles. The van der Waals surface area contributed by atoms with Crippen molar-refractivity contribution in [1.29, 1.82) is 0 Å². The van der Waals surface area contributed by atoms with Crippen LogP contribution in [0.3, 0.4) is 0 Å². The van der Waals surface area contributed by atoms with Gasteiger partial charge in [0.25, 0.3) is 5.56 Å². The van der Waals surface area contributed by atoms with Crippen LogP contribution in [0.4, 0.5) is 0 Å². The first-order valence-electron chi connectivity index (χ1n) is 5.18. The molecule has 3 heteroatoms. The predicted octanol–water partition coefficient (Wildman–Crippen LogP) is 2.39. The van der Waals surface area contributed by atoms with Crippen molar-refractivity contribution in [2.75, 3.05) is 0 Å². The van der Waals surface area contributed by atoms with Crippen LogP contribution in [0, 0.1) is 0 Å². The maximum atomic E-state index is 11.8. The molecule has 0 saturated heterocycles. The molecule has 0 radical (unpaired) electrons. The van der Waals surface area contributed by atoms with Gasteiger partial charge in [-0.2, -0.15) is 0 Å². The van der Waals surface area contributed by atoms with Gasteiger partial charge in [-0.05, 0) is 26.0 Å².